The van der Waals surface area contributed by atoms with Crippen molar-refractivity contribution in [2.75, 3.05) is 11.5 Å². The van der Waals surface area contributed by atoms with E-state index < -0.39 is 0 Å². The van der Waals surface area contributed by atoms with Crippen LogP contribution in [0.1, 0.15) is 40.0 Å². The highest BCUT2D eigenvalue weighted by Gasteiger charge is 2.20. The molecule has 0 aromatic heterocycles. The summed E-state index contributed by atoms with van der Waals surface area (Å²) in [6, 6.07) is 0.736. The summed E-state index contributed by atoms with van der Waals surface area (Å²) in [6.45, 7) is 6.09. The van der Waals surface area contributed by atoms with Crippen LogP contribution in [0.5, 0.6) is 0 Å². The lowest BCUT2D eigenvalue weighted by molar-refractivity contribution is -0.123. The quantitative estimate of drug-likeness (QED) is 0.774. The molecule has 0 spiro atoms. The lowest BCUT2D eigenvalue weighted by Crippen LogP contribution is -2.49. The molecular formula is C12H24N2OS. The van der Waals surface area contributed by atoms with Gasteiger partial charge in [0.2, 0.25) is 5.91 Å². The van der Waals surface area contributed by atoms with Gasteiger partial charge in [-0.05, 0) is 44.6 Å². The van der Waals surface area contributed by atoms with Crippen molar-refractivity contribution >= 4 is 17.7 Å². The van der Waals surface area contributed by atoms with E-state index in [9.17, 15) is 4.79 Å². The van der Waals surface area contributed by atoms with E-state index in [0.29, 0.717) is 6.04 Å². The van der Waals surface area contributed by atoms with E-state index in [2.05, 4.69) is 17.6 Å². The number of hydrogen-bond donors (Lipinski definition) is 2. The van der Waals surface area contributed by atoms with E-state index in [0.717, 1.165) is 6.42 Å². The van der Waals surface area contributed by atoms with Crippen LogP contribution in [0, 0.1) is 0 Å². The van der Waals surface area contributed by atoms with E-state index in [1.54, 1.807) is 0 Å². The molecule has 2 atom stereocenters. The summed E-state index contributed by atoms with van der Waals surface area (Å²) < 4.78 is 0. The summed E-state index contributed by atoms with van der Waals surface area (Å²) in [6.07, 6.45) is 3.36. The topological polar surface area (TPSA) is 41.1 Å². The van der Waals surface area contributed by atoms with Crippen molar-refractivity contribution < 1.29 is 4.79 Å². The van der Waals surface area contributed by atoms with Crippen LogP contribution in [0.3, 0.4) is 0 Å². The van der Waals surface area contributed by atoms with Gasteiger partial charge >= 0.3 is 0 Å². The fourth-order valence-electron chi connectivity index (χ4n) is 1.76. The summed E-state index contributed by atoms with van der Waals surface area (Å²) in [5.74, 6) is 2.57. The second-order valence-corrected chi connectivity index (χ2v) is 5.82. The van der Waals surface area contributed by atoms with Crippen molar-refractivity contribution in [3.05, 3.63) is 0 Å². The highest BCUT2D eigenvalue weighted by atomic mass is 32.2. The number of rotatable bonds is 5. The Morgan fingerprint density at radius 2 is 2.00 bits per heavy atom. The largest absolute Gasteiger partial charge is 0.352 e. The highest BCUT2D eigenvalue weighted by Crippen LogP contribution is 2.17. The maximum atomic E-state index is 11.8. The number of nitrogens with one attached hydrogen (secondary N) is 2. The first-order chi connectivity index (χ1) is 7.63. The Hall–Kier alpha value is -0.220. The smallest absolute Gasteiger partial charge is 0.237 e. The Morgan fingerprint density at radius 3 is 2.56 bits per heavy atom. The molecule has 3 nitrogen and oxygen atoms in total. The summed E-state index contributed by atoms with van der Waals surface area (Å²) in [5.41, 5.74) is 0. The van der Waals surface area contributed by atoms with Crippen LogP contribution < -0.4 is 10.6 Å². The van der Waals surface area contributed by atoms with Crippen LogP contribution in [0.2, 0.25) is 0 Å². The molecule has 0 aromatic rings. The summed E-state index contributed by atoms with van der Waals surface area (Å²) in [5, 5.41) is 6.43. The van der Waals surface area contributed by atoms with Crippen molar-refractivity contribution in [3.63, 3.8) is 0 Å². The molecule has 1 rings (SSSR count). The Balaban J connectivity index is 2.27. The molecule has 16 heavy (non-hydrogen) atoms. The first kappa shape index (κ1) is 13.8. The van der Waals surface area contributed by atoms with E-state index in [-0.39, 0.29) is 18.0 Å². The van der Waals surface area contributed by atoms with Gasteiger partial charge in [0.05, 0.1) is 6.04 Å². The molecule has 0 bridgehead atoms. The average molecular weight is 244 g/mol. The molecule has 0 aromatic carbocycles. The van der Waals surface area contributed by atoms with Crippen LogP contribution in [-0.2, 0) is 4.79 Å². The predicted molar refractivity (Wildman–Crippen MR) is 70.8 cm³/mol. The molecule has 1 saturated heterocycles. The summed E-state index contributed by atoms with van der Waals surface area (Å²) in [7, 11) is 0. The molecular weight excluding hydrogens is 220 g/mol. The predicted octanol–water partition coefficient (Wildman–Crippen LogP) is 1.77. The zero-order valence-corrected chi connectivity index (χ0v) is 11.4. The molecule has 2 unspecified atom stereocenters. The normalized spacial score (nSPS) is 21.4. The number of carbonyl (C=O) groups is 1. The number of amides is 1. The van der Waals surface area contributed by atoms with Crippen molar-refractivity contribution in [2.45, 2.75) is 58.2 Å². The average Bonchev–Trinajstić information content (AvgIpc) is 2.30. The van der Waals surface area contributed by atoms with Gasteiger partial charge < -0.3 is 10.6 Å². The third-order valence-electron chi connectivity index (χ3n) is 3.10. The third-order valence-corrected chi connectivity index (χ3v) is 4.15. The zero-order valence-electron chi connectivity index (χ0n) is 10.6. The van der Waals surface area contributed by atoms with Gasteiger partial charge in [0.25, 0.3) is 0 Å². The standard InChI is InChI=1S/C12H24N2OS/c1-4-9(2)13-12(15)10(3)14-11-5-7-16-8-6-11/h9-11,14H,4-8H2,1-3H3,(H,13,15). The maximum Gasteiger partial charge on any atom is 0.237 e. The molecule has 1 heterocycles. The molecule has 2 N–H and O–H groups in total. The van der Waals surface area contributed by atoms with Gasteiger partial charge in [-0.3, -0.25) is 4.79 Å². The minimum absolute atomic E-state index is 0.0675. The highest BCUT2D eigenvalue weighted by molar-refractivity contribution is 7.99. The molecule has 1 aliphatic heterocycles. The van der Waals surface area contributed by atoms with E-state index in [1.165, 1.54) is 24.3 Å². The Bertz CT molecular complexity index is 217. The zero-order chi connectivity index (χ0) is 12.0. The summed E-state index contributed by atoms with van der Waals surface area (Å²) >= 11 is 2.01. The van der Waals surface area contributed by atoms with Crippen LogP contribution >= 0.6 is 11.8 Å². The molecule has 1 fully saturated rings. The van der Waals surface area contributed by atoms with Crippen molar-refractivity contribution in [3.8, 4) is 0 Å². The van der Waals surface area contributed by atoms with Gasteiger partial charge in [-0.15, -0.1) is 0 Å². The van der Waals surface area contributed by atoms with Crippen molar-refractivity contribution in [1.82, 2.24) is 10.6 Å². The lowest BCUT2D eigenvalue weighted by Gasteiger charge is -2.26. The Labute approximate surface area is 103 Å². The first-order valence-electron chi connectivity index (χ1n) is 6.27. The van der Waals surface area contributed by atoms with Gasteiger partial charge in [-0.1, -0.05) is 6.92 Å². The Kier molecular flexibility index (Phi) is 6.21. The summed E-state index contributed by atoms with van der Waals surface area (Å²) in [4.78, 5) is 11.8. The molecule has 1 aliphatic rings. The van der Waals surface area contributed by atoms with Gasteiger partial charge in [-0.25, -0.2) is 0 Å². The minimum Gasteiger partial charge on any atom is -0.352 e. The molecule has 1 amide bonds. The van der Waals surface area contributed by atoms with E-state index in [1.807, 2.05) is 25.6 Å². The van der Waals surface area contributed by atoms with Crippen molar-refractivity contribution in [1.29, 1.82) is 0 Å². The van der Waals surface area contributed by atoms with Crippen molar-refractivity contribution in [2.24, 2.45) is 0 Å². The molecule has 4 heteroatoms. The lowest BCUT2D eigenvalue weighted by atomic mass is 10.1. The van der Waals surface area contributed by atoms with Crippen LogP contribution in [0.25, 0.3) is 0 Å². The fraction of sp³-hybridized carbons (Fsp3) is 0.917. The third kappa shape index (κ3) is 4.74. The van der Waals surface area contributed by atoms with Gasteiger partial charge in [-0.2, -0.15) is 11.8 Å². The van der Waals surface area contributed by atoms with Gasteiger partial charge in [0, 0.05) is 12.1 Å². The Morgan fingerprint density at radius 1 is 1.38 bits per heavy atom. The van der Waals surface area contributed by atoms with Crippen LogP contribution in [0.15, 0.2) is 0 Å². The monoisotopic (exact) mass is 244 g/mol. The maximum absolute atomic E-state index is 11.8. The minimum atomic E-state index is -0.0675. The second kappa shape index (κ2) is 7.17. The molecule has 0 saturated carbocycles. The number of hydrogen-bond acceptors (Lipinski definition) is 3. The first-order valence-corrected chi connectivity index (χ1v) is 7.43. The van der Waals surface area contributed by atoms with E-state index >= 15 is 0 Å². The van der Waals surface area contributed by atoms with Crippen LogP contribution in [-0.4, -0.2) is 35.5 Å². The number of thioether (sulfide) groups is 1. The number of carbonyl (C=O) groups excluding carboxylic acids is 1. The molecule has 0 radical (unpaired) electrons. The molecule has 0 aliphatic carbocycles. The molecule has 94 valence electrons. The van der Waals surface area contributed by atoms with Crippen LogP contribution in [0.4, 0.5) is 0 Å². The fourth-order valence-corrected chi connectivity index (χ4v) is 2.87. The SMILES string of the molecule is CCC(C)NC(=O)C(C)NC1CCSCC1. The van der Waals surface area contributed by atoms with Gasteiger partial charge in [0.1, 0.15) is 0 Å². The van der Waals surface area contributed by atoms with E-state index in [4.69, 9.17) is 0 Å². The van der Waals surface area contributed by atoms with Gasteiger partial charge in [0.15, 0.2) is 0 Å². The second-order valence-electron chi connectivity index (χ2n) is 4.59.